The predicted molar refractivity (Wildman–Crippen MR) is 117 cm³/mol. The lowest BCUT2D eigenvalue weighted by Gasteiger charge is -2.26. The molecule has 152 valence electrons. The zero-order chi connectivity index (χ0) is 18.3. The topological polar surface area (TPSA) is 66.0 Å². The Morgan fingerprint density at radius 3 is 2.54 bits per heavy atom. The fourth-order valence-electron chi connectivity index (χ4n) is 3.53. The molecular weight excluding hydrogens is 443 g/mol. The van der Waals surface area contributed by atoms with E-state index in [1.165, 1.54) is 19.3 Å². The van der Waals surface area contributed by atoms with Crippen LogP contribution in [-0.4, -0.2) is 61.7 Å². The number of hydrogen-bond donors (Lipinski definition) is 2. The first-order chi connectivity index (χ1) is 11.9. The van der Waals surface area contributed by atoms with Gasteiger partial charge in [0.05, 0.1) is 12.1 Å². The van der Waals surface area contributed by atoms with Crippen molar-refractivity contribution in [3.05, 3.63) is 0 Å². The van der Waals surface area contributed by atoms with Gasteiger partial charge in [-0.3, -0.25) is 9.79 Å². The molecule has 0 spiro atoms. The van der Waals surface area contributed by atoms with Gasteiger partial charge < -0.3 is 20.3 Å². The summed E-state index contributed by atoms with van der Waals surface area (Å²) in [7, 11) is 1.71. The molecule has 0 radical (unpaired) electrons. The Morgan fingerprint density at radius 2 is 1.92 bits per heavy atom. The van der Waals surface area contributed by atoms with Crippen molar-refractivity contribution in [1.29, 1.82) is 0 Å². The molecule has 26 heavy (non-hydrogen) atoms. The minimum atomic E-state index is -0.277. The number of amides is 1. The lowest BCUT2D eigenvalue weighted by Crippen LogP contribution is -2.46. The second-order valence-corrected chi connectivity index (χ2v) is 7.91. The van der Waals surface area contributed by atoms with Crippen molar-refractivity contribution in [3.63, 3.8) is 0 Å². The molecule has 1 saturated heterocycles. The molecule has 0 aromatic carbocycles. The van der Waals surface area contributed by atoms with Gasteiger partial charge in [0.1, 0.15) is 0 Å². The molecular formula is C19H37IN4O2. The first-order valence-corrected chi connectivity index (χ1v) is 9.84. The van der Waals surface area contributed by atoms with Gasteiger partial charge in [0.2, 0.25) is 5.91 Å². The third kappa shape index (κ3) is 7.21. The molecule has 1 unspecified atom stereocenters. The SMILES string of the molecule is CCNC(=NCC(C)(C)OC)NC1CCN(C(=O)C2CCCCC2)C1.I. The van der Waals surface area contributed by atoms with E-state index >= 15 is 0 Å². The van der Waals surface area contributed by atoms with Gasteiger partial charge in [-0.05, 0) is 40.0 Å². The highest BCUT2D eigenvalue weighted by atomic mass is 127. The van der Waals surface area contributed by atoms with E-state index < -0.39 is 0 Å². The molecule has 0 bridgehead atoms. The highest BCUT2D eigenvalue weighted by Gasteiger charge is 2.31. The highest BCUT2D eigenvalue weighted by molar-refractivity contribution is 14.0. The van der Waals surface area contributed by atoms with E-state index in [1.54, 1.807) is 7.11 Å². The van der Waals surface area contributed by atoms with Crippen molar-refractivity contribution in [1.82, 2.24) is 15.5 Å². The standard InChI is InChI=1S/C19H36N4O2.HI/c1-5-20-18(21-14-19(2,3)25-4)22-16-11-12-23(13-16)17(24)15-9-7-6-8-10-15;/h15-16H,5-14H2,1-4H3,(H2,20,21,22);1H. The third-order valence-electron chi connectivity index (χ3n) is 5.31. The zero-order valence-electron chi connectivity index (χ0n) is 16.8. The fourth-order valence-corrected chi connectivity index (χ4v) is 3.53. The number of ether oxygens (including phenoxy) is 1. The van der Waals surface area contributed by atoms with Crippen molar-refractivity contribution < 1.29 is 9.53 Å². The van der Waals surface area contributed by atoms with Crippen molar-refractivity contribution >= 4 is 35.8 Å². The van der Waals surface area contributed by atoms with Gasteiger partial charge in [0, 0.05) is 38.7 Å². The fraction of sp³-hybridized carbons (Fsp3) is 0.895. The van der Waals surface area contributed by atoms with Gasteiger partial charge in [0.15, 0.2) is 5.96 Å². The maximum absolute atomic E-state index is 12.7. The Bertz CT molecular complexity index is 464. The molecule has 1 atom stereocenters. The molecule has 0 aromatic rings. The predicted octanol–water partition coefficient (Wildman–Crippen LogP) is 2.77. The summed E-state index contributed by atoms with van der Waals surface area (Å²) < 4.78 is 5.44. The number of aliphatic imine (C=N–C) groups is 1. The van der Waals surface area contributed by atoms with Crippen molar-refractivity contribution in [2.75, 3.05) is 33.3 Å². The molecule has 7 heteroatoms. The third-order valence-corrected chi connectivity index (χ3v) is 5.31. The van der Waals surface area contributed by atoms with Gasteiger partial charge in [-0.25, -0.2) is 0 Å². The van der Waals surface area contributed by atoms with E-state index in [0.29, 0.717) is 12.5 Å². The van der Waals surface area contributed by atoms with E-state index in [2.05, 4.69) is 27.4 Å². The van der Waals surface area contributed by atoms with E-state index in [4.69, 9.17) is 4.74 Å². The summed E-state index contributed by atoms with van der Waals surface area (Å²) >= 11 is 0. The molecule has 1 amide bonds. The monoisotopic (exact) mass is 480 g/mol. The zero-order valence-corrected chi connectivity index (χ0v) is 19.2. The average Bonchev–Trinajstić information content (AvgIpc) is 3.08. The summed E-state index contributed by atoms with van der Waals surface area (Å²) in [6.45, 7) is 9.17. The number of rotatable bonds is 6. The average molecular weight is 480 g/mol. The summed E-state index contributed by atoms with van der Waals surface area (Å²) in [5.74, 6) is 1.44. The number of hydrogen-bond acceptors (Lipinski definition) is 3. The van der Waals surface area contributed by atoms with Crippen LogP contribution in [0.25, 0.3) is 0 Å². The minimum Gasteiger partial charge on any atom is -0.377 e. The van der Waals surface area contributed by atoms with E-state index in [-0.39, 0.29) is 41.5 Å². The van der Waals surface area contributed by atoms with Gasteiger partial charge in [-0.1, -0.05) is 19.3 Å². The van der Waals surface area contributed by atoms with Crippen molar-refractivity contribution in [3.8, 4) is 0 Å². The minimum absolute atomic E-state index is 0. The van der Waals surface area contributed by atoms with Gasteiger partial charge in [-0.15, -0.1) is 24.0 Å². The van der Waals surface area contributed by atoms with Crippen LogP contribution < -0.4 is 10.6 Å². The molecule has 2 N–H and O–H groups in total. The van der Waals surface area contributed by atoms with Gasteiger partial charge in [0.25, 0.3) is 0 Å². The van der Waals surface area contributed by atoms with Crippen LogP contribution in [-0.2, 0) is 9.53 Å². The Morgan fingerprint density at radius 1 is 1.23 bits per heavy atom. The van der Waals surface area contributed by atoms with E-state index in [1.807, 2.05) is 13.8 Å². The highest BCUT2D eigenvalue weighted by Crippen LogP contribution is 2.26. The van der Waals surface area contributed by atoms with Crippen LogP contribution in [0.5, 0.6) is 0 Å². The first kappa shape index (κ1) is 23.5. The lowest BCUT2D eigenvalue weighted by atomic mass is 9.88. The summed E-state index contributed by atoms with van der Waals surface area (Å²) in [6, 6.07) is 0.274. The van der Waals surface area contributed by atoms with Crippen LogP contribution in [0, 0.1) is 5.92 Å². The number of nitrogens with zero attached hydrogens (tertiary/aromatic N) is 2. The van der Waals surface area contributed by atoms with E-state index in [9.17, 15) is 4.79 Å². The number of methoxy groups -OCH3 is 1. The van der Waals surface area contributed by atoms with Gasteiger partial charge in [-0.2, -0.15) is 0 Å². The molecule has 1 aliphatic carbocycles. The van der Waals surface area contributed by atoms with Crippen LogP contribution in [0.2, 0.25) is 0 Å². The smallest absolute Gasteiger partial charge is 0.225 e. The normalized spacial score (nSPS) is 22.1. The summed E-state index contributed by atoms with van der Waals surface area (Å²) in [5.41, 5.74) is -0.277. The van der Waals surface area contributed by atoms with Crippen LogP contribution in [0.15, 0.2) is 4.99 Å². The van der Waals surface area contributed by atoms with Crippen molar-refractivity contribution in [2.24, 2.45) is 10.9 Å². The van der Waals surface area contributed by atoms with Crippen LogP contribution >= 0.6 is 24.0 Å². The molecule has 0 aromatic heterocycles. The Balaban J connectivity index is 0.00000338. The van der Waals surface area contributed by atoms with Gasteiger partial charge >= 0.3 is 0 Å². The molecule has 6 nitrogen and oxygen atoms in total. The molecule has 2 rings (SSSR count). The number of guanidine groups is 1. The molecule has 2 aliphatic rings. The maximum Gasteiger partial charge on any atom is 0.225 e. The molecule has 2 fully saturated rings. The largest absolute Gasteiger partial charge is 0.377 e. The number of halogens is 1. The lowest BCUT2D eigenvalue weighted by molar-refractivity contribution is -0.135. The maximum atomic E-state index is 12.7. The van der Waals surface area contributed by atoms with Crippen LogP contribution in [0.3, 0.4) is 0 Å². The summed E-state index contributed by atoms with van der Waals surface area (Å²) in [6.07, 6.45) is 6.83. The van der Waals surface area contributed by atoms with Crippen LogP contribution in [0.4, 0.5) is 0 Å². The number of carbonyl (C=O) groups excluding carboxylic acids is 1. The van der Waals surface area contributed by atoms with E-state index in [0.717, 1.165) is 44.9 Å². The number of nitrogens with one attached hydrogen (secondary N) is 2. The number of carbonyl (C=O) groups is 1. The second kappa shape index (κ2) is 11.3. The summed E-state index contributed by atoms with van der Waals surface area (Å²) in [5, 5.41) is 6.78. The second-order valence-electron chi connectivity index (χ2n) is 7.91. The summed E-state index contributed by atoms with van der Waals surface area (Å²) in [4.78, 5) is 19.4. The Hall–Kier alpha value is -0.570. The van der Waals surface area contributed by atoms with Crippen LogP contribution in [0.1, 0.15) is 59.3 Å². The quantitative estimate of drug-likeness (QED) is 0.349. The van der Waals surface area contributed by atoms with Crippen molar-refractivity contribution in [2.45, 2.75) is 70.9 Å². The first-order valence-electron chi connectivity index (χ1n) is 9.84. The Labute approximate surface area is 175 Å². The molecule has 1 saturated carbocycles. The Kier molecular flexibility index (Phi) is 10.2. The number of likely N-dealkylation sites (tertiary alicyclic amines) is 1. The molecule has 1 heterocycles. The molecule has 1 aliphatic heterocycles.